The molecule has 0 bridgehead atoms. The third-order valence-corrected chi connectivity index (χ3v) is 11.2. The summed E-state index contributed by atoms with van der Waals surface area (Å²) in [6, 6.07) is -0.718. The summed E-state index contributed by atoms with van der Waals surface area (Å²) >= 11 is 0. The largest absolute Gasteiger partial charge is 0.462 e. The fourth-order valence-electron chi connectivity index (χ4n) is 7.37. The van der Waals surface area contributed by atoms with Crippen molar-refractivity contribution in [1.82, 2.24) is 5.32 Å². The summed E-state index contributed by atoms with van der Waals surface area (Å²) in [4.78, 5) is 26.1. The number of rotatable bonds is 44. The highest BCUT2D eigenvalue weighted by molar-refractivity contribution is 5.77. The lowest BCUT2D eigenvalue weighted by molar-refractivity contribution is -0.151. The molecular weight excluding hydrogens is 731 g/mol. The number of hydrogen-bond acceptors (Lipinski definition) is 5. The van der Waals surface area contributed by atoms with Crippen LogP contribution in [0.25, 0.3) is 0 Å². The molecule has 0 radical (unpaired) electrons. The number of allylic oxidation sites excluding steroid dienone is 10. The van der Waals surface area contributed by atoms with E-state index in [9.17, 15) is 19.8 Å². The first kappa shape index (κ1) is 56.6. The second-order valence-electron chi connectivity index (χ2n) is 16.9. The average molecular weight is 826 g/mol. The minimum Gasteiger partial charge on any atom is -0.462 e. The van der Waals surface area contributed by atoms with Gasteiger partial charge in [-0.05, 0) is 64.2 Å². The van der Waals surface area contributed by atoms with Crippen LogP contribution in [0.15, 0.2) is 60.8 Å². The van der Waals surface area contributed by atoms with Gasteiger partial charge in [0.15, 0.2) is 0 Å². The van der Waals surface area contributed by atoms with Crippen LogP contribution in [0.3, 0.4) is 0 Å². The molecule has 0 saturated carbocycles. The monoisotopic (exact) mass is 826 g/mol. The van der Waals surface area contributed by atoms with Crippen molar-refractivity contribution in [2.24, 2.45) is 0 Å². The van der Waals surface area contributed by atoms with Crippen molar-refractivity contribution in [3.63, 3.8) is 0 Å². The van der Waals surface area contributed by atoms with E-state index in [1.165, 1.54) is 122 Å². The first-order chi connectivity index (χ1) is 29.0. The standard InChI is InChI=1S/C53H95NO5/c1-4-7-10-13-16-19-22-24-26-28-31-34-37-40-43-46-53(58)59-49(44-41-38-35-32-30-27-25-23-20-17-14-11-8-5-2)47-52(57)54-50(48-55)51(56)45-42-39-36-33-29-21-18-15-12-9-6-3/h7,10,13,16,19,22,27,30,32,35,49-51,55-56H,4-6,8-9,11-12,14-15,17-18,20-21,23-26,28-29,31,33-34,36-48H2,1-3H3,(H,54,57)/b10-7+,16-13+,22-19+,30-27+,35-32+. The number of hydrogen-bond donors (Lipinski definition) is 3. The molecule has 0 aromatic heterocycles. The molecule has 0 fully saturated rings. The van der Waals surface area contributed by atoms with Crippen LogP contribution in [0.2, 0.25) is 0 Å². The highest BCUT2D eigenvalue weighted by Gasteiger charge is 2.24. The summed E-state index contributed by atoms with van der Waals surface area (Å²) in [5.74, 6) is -0.535. The maximum absolute atomic E-state index is 13.2. The summed E-state index contributed by atoms with van der Waals surface area (Å²) < 4.78 is 5.90. The molecule has 0 aliphatic carbocycles. The average Bonchev–Trinajstić information content (AvgIpc) is 3.23. The lowest BCUT2D eigenvalue weighted by atomic mass is 10.0. The van der Waals surface area contributed by atoms with E-state index in [2.05, 4.69) is 86.8 Å². The number of carbonyl (C=O) groups is 2. The molecule has 0 saturated heterocycles. The Morgan fingerprint density at radius 3 is 1.42 bits per heavy atom. The molecule has 59 heavy (non-hydrogen) atoms. The van der Waals surface area contributed by atoms with Crippen molar-refractivity contribution in [2.45, 2.75) is 257 Å². The Hall–Kier alpha value is -2.44. The van der Waals surface area contributed by atoms with E-state index in [0.29, 0.717) is 19.3 Å². The van der Waals surface area contributed by atoms with E-state index in [4.69, 9.17) is 4.74 Å². The highest BCUT2D eigenvalue weighted by Crippen LogP contribution is 2.17. The number of nitrogens with one attached hydrogen (secondary N) is 1. The van der Waals surface area contributed by atoms with Crippen molar-refractivity contribution >= 4 is 11.9 Å². The molecule has 0 rings (SSSR count). The van der Waals surface area contributed by atoms with Crippen LogP contribution in [-0.4, -0.2) is 46.9 Å². The minimum absolute atomic E-state index is 0.0385. The van der Waals surface area contributed by atoms with Gasteiger partial charge in [0.1, 0.15) is 6.10 Å². The second-order valence-corrected chi connectivity index (χ2v) is 16.9. The Labute approximate surface area is 365 Å². The number of aliphatic hydroxyl groups is 2. The fraction of sp³-hybridized carbons (Fsp3) is 0.774. The third kappa shape index (κ3) is 42.1. The maximum Gasteiger partial charge on any atom is 0.306 e. The number of esters is 1. The van der Waals surface area contributed by atoms with E-state index >= 15 is 0 Å². The van der Waals surface area contributed by atoms with Crippen LogP contribution in [0.4, 0.5) is 0 Å². The summed E-state index contributed by atoms with van der Waals surface area (Å²) in [5, 5.41) is 23.7. The molecule has 0 heterocycles. The van der Waals surface area contributed by atoms with Crippen LogP contribution in [0.1, 0.15) is 239 Å². The quantitative estimate of drug-likeness (QED) is 0.0323. The van der Waals surface area contributed by atoms with Crippen molar-refractivity contribution in [3.05, 3.63) is 60.8 Å². The number of aliphatic hydroxyl groups excluding tert-OH is 2. The fourth-order valence-corrected chi connectivity index (χ4v) is 7.37. The highest BCUT2D eigenvalue weighted by atomic mass is 16.5. The molecule has 0 aromatic carbocycles. The van der Waals surface area contributed by atoms with E-state index in [1.54, 1.807) is 0 Å². The zero-order chi connectivity index (χ0) is 43.1. The Balaban J connectivity index is 4.68. The van der Waals surface area contributed by atoms with Gasteiger partial charge >= 0.3 is 5.97 Å². The molecule has 3 N–H and O–H groups in total. The van der Waals surface area contributed by atoms with Gasteiger partial charge < -0.3 is 20.3 Å². The second kappa shape index (κ2) is 46.6. The van der Waals surface area contributed by atoms with Gasteiger partial charge in [0.2, 0.25) is 5.91 Å². The summed E-state index contributed by atoms with van der Waals surface area (Å²) in [6.45, 7) is 6.32. The number of ether oxygens (including phenoxy) is 1. The van der Waals surface area contributed by atoms with Gasteiger partial charge in [-0.1, -0.05) is 223 Å². The van der Waals surface area contributed by atoms with Gasteiger partial charge in [-0.3, -0.25) is 9.59 Å². The number of unbranched alkanes of at least 4 members (excludes halogenated alkanes) is 25. The van der Waals surface area contributed by atoms with Crippen molar-refractivity contribution in [2.75, 3.05) is 6.61 Å². The Morgan fingerprint density at radius 2 is 0.932 bits per heavy atom. The van der Waals surface area contributed by atoms with E-state index in [1.807, 2.05) is 0 Å². The van der Waals surface area contributed by atoms with Crippen LogP contribution in [0, 0.1) is 0 Å². The first-order valence-electron chi connectivity index (χ1n) is 25.1. The van der Waals surface area contributed by atoms with Gasteiger partial charge in [-0.2, -0.15) is 0 Å². The normalized spacial score (nSPS) is 13.8. The summed E-state index contributed by atoms with van der Waals surface area (Å²) in [7, 11) is 0. The smallest absolute Gasteiger partial charge is 0.306 e. The van der Waals surface area contributed by atoms with Gasteiger partial charge in [0, 0.05) is 6.42 Å². The molecule has 0 aromatic rings. The Bertz CT molecular complexity index is 1060. The Morgan fingerprint density at radius 1 is 0.508 bits per heavy atom. The predicted octanol–water partition coefficient (Wildman–Crippen LogP) is 14.8. The molecule has 3 unspecified atom stereocenters. The first-order valence-corrected chi connectivity index (χ1v) is 25.1. The summed E-state index contributed by atoms with van der Waals surface area (Å²) in [5.41, 5.74) is 0. The number of carbonyl (C=O) groups excluding carboxylic acids is 2. The molecular formula is C53H95NO5. The van der Waals surface area contributed by atoms with Crippen molar-refractivity contribution < 1.29 is 24.5 Å². The minimum atomic E-state index is -0.801. The van der Waals surface area contributed by atoms with E-state index in [0.717, 1.165) is 70.6 Å². The SMILES string of the molecule is CC/C=C/C=C/C=C/CCCCCCCCCC(=O)OC(CCC/C=C/C=C/CCCCCCCCC)CC(=O)NC(CO)C(O)CCCCCCCCCCCCC. The molecule has 0 spiro atoms. The maximum atomic E-state index is 13.2. The lowest BCUT2D eigenvalue weighted by Crippen LogP contribution is -2.46. The van der Waals surface area contributed by atoms with Crippen molar-refractivity contribution in [1.29, 1.82) is 0 Å². The van der Waals surface area contributed by atoms with Gasteiger partial charge in [-0.15, -0.1) is 0 Å². The number of amides is 1. The topological polar surface area (TPSA) is 95.9 Å². The van der Waals surface area contributed by atoms with Gasteiger partial charge in [-0.25, -0.2) is 0 Å². The third-order valence-electron chi connectivity index (χ3n) is 11.2. The van der Waals surface area contributed by atoms with Crippen LogP contribution in [0.5, 0.6) is 0 Å². The Kier molecular flexibility index (Phi) is 44.7. The van der Waals surface area contributed by atoms with Crippen LogP contribution < -0.4 is 5.32 Å². The molecule has 6 heteroatoms. The molecule has 3 atom stereocenters. The molecule has 342 valence electrons. The zero-order valence-corrected chi connectivity index (χ0v) is 38.9. The van der Waals surface area contributed by atoms with Crippen molar-refractivity contribution in [3.8, 4) is 0 Å². The van der Waals surface area contributed by atoms with E-state index in [-0.39, 0.29) is 24.9 Å². The molecule has 6 nitrogen and oxygen atoms in total. The van der Waals surface area contributed by atoms with Gasteiger partial charge in [0.25, 0.3) is 0 Å². The molecule has 0 aliphatic heterocycles. The van der Waals surface area contributed by atoms with E-state index < -0.39 is 18.2 Å². The predicted molar refractivity (Wildman–Crippen MR) is 255 cm³/mol. The lowest BCUT2D eigenvalue weighted by Gasteiger charge is -2.24. The van der Waals surface area contributed by atoms with Gasteiger partial charge in [0.05, 0.1) is 25.2 Å². The van der Waals surface area contributed by atoms with Crippen LogP contribution in [-0.2, 0) is 14.3 Å². The van der Waals surface area contributed by atoms with Crippen LogP contribution >= 0.6 is 0 Å². The molecule has 0 aliphatic rings. The summed E-state index contributed by atoms with van der Waals surface area (Å²) in [6.07, 6.45) is 57.1. The zero-order valence-electron chi connectivity index (χ0n) is 38.9. The molecule has 1 amide bonds.